The predicted molar refractivity (Wildman–Crippen MR) is 69.7 cm³/mol. The number of hydrogen-bond donors (Lipinski definition) is 0. The maximum Gasteiger partial charge on any atom is 0.339 e. The highest BCUT2D eigenvalue weighted by molar-refractivity contribution is 6.11. The lowest BCUT2D eigenvalue weighted by Crippen LogP contribution is -2.26. The van der Waals surface area contributed by atoms with E-state index in [1.54, 1.807) is 30.3 Å². The number of cyclic esters (lactones) is 1. The van der Waals surface area contributed by atoms with E-state index < -0.39 is 23.8 Å². The van der Waals surface area contributed by atoms with Gasteiger partial charge in [0.15, 0.2) is 6.10 Å². The van der Waals surface area contributed by atoms with Gasteiger partial charge in [0.2, 0.25) is 5.78 Å². The lowest BCUT2D eigenvalue weighted by Gasteiger charge is -2.13. The van der Waals surface area contributed by atoms with E-state index in [2.05, 4.69) is 0 Å². The molecule has 1 aliphatic rings. The average Bonchev–Trinajstić information content (AvgIpc) is 2.84. The van der Waals surface area contributed by atoms with Crippen LogP contribution in [0.15, 0.2) is 48.5 Å². The summed E-state index contributed by atoms with van der Waals surface area (Å²) in [5.41, 5.74) is 0.511. The van der Waals surface area contributed by atoms with Crippen LogP contribution in [-0.2, 0) is 4.74 Å². The molecule has 0 aliphatic carbocycles. The van der Waals surface area contributed by atoms with Crippen molar-refractivity contribution in [3.8, 4) is 0 Å². The van der Waals surface area contributed by atoms with Crippen LogP contribution < -0.4 is 5.11 Å². The van der Waals surface area contributed by atoms with E-state index in [1.165, 1.54) is 18.2 Å². The Hall–Kier alpha value is -2.95. The van der Waals surface area contributed by atoms with Crippen molar-refractivity contribution in [1.29, 1.82) is 0 Å². The summed E-state index contributed by atoms with van der Waals surface area (Å²) < 4.78 is 5.08. The molecule has 1 heterocycles. The molecule has 104 valence electrons. The third kappa shape index (κ3) is 2.08. The first kappa shape index (κ1) is 13.1. The molecule has 2 aromatic rings. The molecule has 0 radical (unpaired) electrons. The van der Waals surface area contributed by atoms with Crippen molar-refractivity contribution in [2.75, 3.05) is 0 Å². The Kier molecular flexibility index (Phi) is 3.02. The number of carbonyl (C=O) groups excluding carboxylic acids is 3. The van der Waals surface area contributed by atoms with E-state index in [9.17, 15) is 19.5 Å². The van der Waals surface area contributed by atoms with Crippen molar-refractivity contribution in [3.05, 3.63) is 70.8 Å². The lowest BCUT2D eigenvalue weighted by atomic mass is 9.95. The number of ether oxygens (including phenoxy) is 1. The number of benzene rings is 2. The van der Waals surface area contributed by atoms with Gasteiger partial charge in [0.1, 0.15) is 0 Å². The van der Waals surface area contributed by atoms with E-state index in [-0.39, 0.29) is 11.1 Å². The molecule has 0 saturated carbocycles. The smallest absolute Gasteiger partial charge is 0.339 e. The molecule has 1 atom stereocenters. The van der Waals surface area contributed by atoms with Gasteiger partial charge >= 0.3 is 5.97 Å². The fourth-order valence-electron chi connectivity index (χ4n) is 2.36. The van der Waals surface area contributed by atoms with Crippen LogP contribution in [0.25, 0.3) is 0 Å². The third-order valence-electron chi connectivity index (χ3n) is 3.34. The number of hydrogen-bond acceptors (Lipinski definition) is 5. The number of carboxylic acid groups (broad SMARTS) is 1. The molecule has 0 amide bonds. The second-order valence-electron chi connectivity index (χ2n) is 4.57. The fourth-order valence-corrected chi connectivity index (χ4v) is 2.36. The zero-order chi connectivity index (χ0) is 15.0. The molecule has 0 unspecified atom stereocenters. The van der Waals surface area contributed by atoms with Crippen LogP contribution in [-0.4, -0.2) is 17.7 Å². The summed E-state index contributed by atoms with van der Waals surface area (Å²) in [6, 6.07) is 12.2. The summed E-state index contributed by atoms with van der Waals surface area (Å²) in [5, 5.41) is 11.1. The highest BCUT2D eigenvalue weighted by Crippen LogP contribution is 2.33. The molecule has 3 rings (SSSR count). The zero-order valence-electron chi connectivity index (χ0n) is 10.7. The van der Waals surface area contributed by atoms with Gasteiger partial charge in [-0.2, -0.15) is 0 Å². The number of esters is 1. The van der Waals surface area contributed by atoms with Crippen LogP contribution in [0, 0.1) is 0 Å². The number of Topliss-reactive ketones (excluding diaryl/α,β-unsaturated/α-hetero) is 1. The molecule has 0 N–H and O–H groups in total. The standard InChI is InChI=1S/C16H10O5/c17-13(9-5-1-3-7-11(9)15(18)19)14-10-6-2-4-8-12(10)16(20)21-14/h1-8,14H,(H,18,19)/p-1/t14-/m0/s1. The van der Waals surface area contributed by atoms with Crippen molar-refractivity contribution >= 4 is 17.7 Å². The molecule has 0 aromatic heterocycles. The molecule has 0 bridgehead atoms. The van der Waals surface area contributed by atoms with Gasteiger partial charge in [0, 0.05) is 16.7 Å². The van der Waals surface area contributed by atoms with Gasteiger partial charge in [-0.3, -0.25) is 4.79 Å². The molecule has 5 nitrogen and oxygen atoms in total. The van der Waals surface area contributed by atoms with Crippen LogP contribution in [0.2, 0.25) is 0 Å². The largest absolute Gasteiger partial charge is 0.545 e. The molecular weight excluding hydrogens is 272 g/mol. The van der Waals surface area contributed by atoms with Crippen molar-refractivity contribution in [2.24, 2.45) is 0 Å². The molecule has 5 heteroatoms. The Morgan fingerprint density at radius 1 is 0.952 bits per heavy atom. The van der Waals surface area contributed by atoms with E-state index >= 15 is 0 Å². The Balaban J connectivity index is 2.06. The molecule has 1 aliphatic heterocycles. The number of carboxylic acids is 1. The normalized spacial score (nSPS) is 16.2. The van der Waals surface area contributed by atoms with Crippen molar-refractivity contribution in [1.82, 2.24) is 0 Å². The second kappa shape index (κ2) is 4.86. The first-order chi connectivity index (χ1) is 10.1. The Bertz CT molecular complexity index is 763. The van der Waals surface area contributed by atoms with Gasteiger partial charge < -0.3 is 14.6 Å². The van der Waals surface area contributed by atoms with Gasteiger partial charge in [-0.25, -0.2) is 4.79 Å². The summed E-state index contributed by atoms with van der Waals surface area (Å²) in [4.78, 5) is 35.3. The van der Waals surface area contributed by atoms with Crippen LogP contribution in [0.3, 0.4) is 0 Å². The van der Waals surface area contributed by atoms with Gasteiger partial charge in [0.05, 0.1) is 11.5 Å². The van der Waals surface area contributed by atoms with Gasteiger partial charge in [-0.1, -0.05) is 42.5 Å². The van der Waals surface area contributed by atoms with E-state index in [0.29, 0.717) is 11.1 Å². The van der Waals surface area contributed by atoms with Crippen LogP contribution in [0.1, 0.15) is 42.7 Å². The highest BCUT2D eigenvalue weighted by atomic mass is 16.6. The summed E-state index contributed by atoms with van der Waals surface area (Å²) in [6.07, 6.45) is -1.12. The highest BCUT2D eigenvalue weighted by Gasteiger charge is 2.36. The van der Waals surface area contributed by atoms with E-state index in [0.717, 1.165) is 0 Å². The number of fused-ring (bicyclic) bond motifs is 1. The number of carbonyl (C=O) groups is 3. The Labute approximate surface area is 119 Å². The minimum atomic E-state index is -1.45. The molecular formula is C16H9O5-. The monoisotopic (exact) mass is 281 g/mol. The lowest BCUT2D eigenvalue weighted by molar-refractivity contribution is -0.255. The second-order valence-corrected chi connectivity index (χ2v) is 4.57. The quantitative estimate of drug-likeness (QED) is 0.622. The summed E-state index contributed by atoms with van der Waals surface area (Å²) >= 11 is 0. The van der Waals surface area contributed by atoms with Crippen molar-refractivity contribution in [3.63, 3.8) is 0 Å². The van der Waals surface area contributed by atoms with E-state index in [4.69, 9.17) is 4.74 Å². The number of aromatic carboxylic acids is 1. The first-order valence-electron chi connectivity index (χ1n) is 6.24. The Morgan fingerprint density at radius 2 is 1.57 bits per heavy atom. The maximum atomic E-state index is 12.5. The van der Waals surface area contributed by atoms with E-state index in [1.807, 2.05) is 0 Å². The minimum Gasteiger partial charge on any atom is -0.545 e. The average molecular weight is 281 g/mol. The summed E-state index contributed by atoms with van der Waals surface area (Å²) in [7, 11) is 0. The molecule has 2 aromatic carbocycles. The van der Waals surface area contributed by atoms with Gasteiger partial charge in [0.25, 0.3) is 0 Å². The summed E-state index contributed by atoms with van der Waals surface area (Å²) in [5.74, 6) is -2.61. The Morgan fingerprint density at radius 3 is 2.29 bits per heavy atom. The topological polar surface area (TPSA) is 83.5 Å². The summed E-state index contributed by atoms with van der Waals surface area (Å²) in [6.45, 7) is 0. The van der Waals surface area contributed by atoms with Crippen molar-refractivity contribution < 1.29 is 24.2 Å². The van der Waals surface area contributed by atoms with Crippen LogP contribution >= 0.6 is 0 Å². The van der Waals surface area contributed by atoms with Gasteiger partial charge in [-0.15, -0.1) is 0 Å². The maximum absolute atomic E-state index is 12.5. The van der Waals surface area contributed by atoms with Crippen molar-refractivity contribution in [2.45, 2.75) is 6.10 Å². The SMILES string of the molecule is O=C([O-])c1ccccc1C(=O)[C@H]1OC(=O)c2ccccc21. The van der Waals surface area contributed by atoms with Crippen LogP contribution in [0.5, 0.6) is 0 Å². The minimum absolute atomic E-state index is 0.0352. The first-order valence-corrected chi connectivity index (χ1v) is 6.24. The fraction of sp³-hybridized carbons (Fsp3) is 0.0625. The number of ketones is 1. The zero-order valence-corrected chi connectivity index (χ0v) is 10.7. The molecule has 21 heavy (non-hydrogen) atoms. The predicted octanol–water partition coefficient (Wildman–Crippen LogP) is 1.14. The third-order valence-corrected chi connectivity index (χ3v) is 3.34. The van der Waals surface area contributed by atoms with Gasteiger partial charge in [-0.05, 0) is 6.07 Å². The van der Waals surface area contributed by atoms with Crippen LogP contribution in [0.4, 0.5) is 0 Å². The molecule has 0 saturated heterocycles. The number of rotatable bonds is 3. The molecule has 0 fully saturated rings. The molecule has 0 spiro atoms.